The second-order valence-electron chi connectivity index (χ2n) is 6.88. The zero-order valence-corrected chi connectivity index (χ0v) is 14.2. The number of imide groups is 2. The third kappa shape index (κ3) is 3.38. The minimum absolute atomic E-state index is 0.0518. The fraction of sp³-hybridized carbons (Fsp3) is 0.750. The van der Waals surface area contributed by atoms with E-state index in [0.717, 1.165) is 29.1 Å². The van der Waals surface area contributed by atoms with Gasteiger partial charge in [-0.1, -0.05) is 26.7 Å². The first-order chi connectivity index (χ1) is 10.7. The van der Waals surface area contributed by atoms with Crippen LogP contribution in [0, 0.1) is 11.8 Å². The van der Waals surface area contributed by atoms with Gasteiger partial charge in [-0.25, -0.2) is 9.69 Å². The lowest BCUT2D eigenvalue weighted by atomic mass is 9.78. The molecule has 2 aliphatic rings. The Morgan fingerprint density at radius 3 is 2.39 bits per heavy atom. The SMILES string of the molecule is CC(C)N1C(=O)C(=O)N(CC(=O)N[C@H]2CCC[C@@H](C)[C@H]2C)C1=O. The highest BCUT2D eigenvalue weighted by Gasteiger charge is 2.46. The van der Waals surface area contributed by atoms with Gasteiger partial charge in [-0.2, -0.15) is 0 Å². The van der Waals surface area contributed by atoms with Crippen molar-refractivity contribution in [2.45, 2.75) is 59.0 Å². The lowest BCUT2D eigenvalue weighted by Crippen LogP contribution is -2.48. The molecule has 1 aliphatic carbocycles. The first-order valence-electron chi connectivity index (χ1n) is 8.22. The van der Waals surface area contributed by atoms with Crippen LogP contribution < -0.4 is 5.32 Å². The van der Waals surface area contributed by atoms with Gasteiger partial charge in [0.15, 0.2) is 0 Å². The molecule has 1 heterocycles. The van der Waals surface area contributed by atoms with E-state index in [0.29, 0.717) is 11.8 Å². The standard InChI is InChI=1S/C16H25N3O4/c1-9(2)19-15(22)14(21)18(16(19)23)8-13(20)17-12-7-5-6-10(3)11(12)4/h9-12H,5-8H2,1-4H3,(H,17,20)/t10-,11-,12+/m1/s1. The van der Waals surface area contributed by atoms with E-state index >= 15 is 0 Å². The molecule has 0 spiro atoms. The van der Waals surface area contributed by atoms with Crippen LogP contribution in [0.25, 0.3) is 0 Å². The van der Waals surface area contributed by atoms with Crippen molar-refractivity contribution in [2.24, 2.45) is 11.8 Å². The second kappa shape index (κ2) is 6.68. The van der Waals surface area contributed by atoms with Gasteiger partial charge in [0.05, 0.1) is 0 Å². The predicted molar refractivity (Wildman–Crippen MR) is 83.2 cm³/mol. The minimum atomic E-state index is -0.927. The van der Waals surface area contributed by atoms with E-state index in [9.17, 15) is 19.2 Å². The summed E-state index contributed by atoms with van der Waals surface area (Å²) in [7, 11) is 0. The average Bonchev–Trinajstić information content (AvgIpc) is 2.67. The quantitative estimate of drug-likeness (QED) is 0.620. The van der Waals surface area contributed by atoms with Gasteiger partial charge in [0.2, 0.25) is 5.91 Å². The fourth-order valence-electron chi connectivity index (χ4n) is 3.30. The second-order valence-corrected chi connectivity index (χ2v) is 6.88. The summed E-state index contributed by atoms with van der Waals surface area (Å²) in [6.45, 7) is 7.17. The topological polar surface area (TPSA) is 86.8 Å². The normalized spacial score (nSPS) is 28.7. The molecule has 7 nitrogen and oxygen atoms in total. The van der Waals surface area contributed by atoms with E-state index in [1.54, 1.807) is 13.8 Å². The Bertz CT molecular complexity index is 531. The maximum absolute atomic E-state index is 12.2. The number of rotatable bonds is 4. The maximum atomic E-state index is 12.2. The van der Waals surface area contributed by atoms with Gasteiger partial charge in [0.1, 0.15) is 6.54 Å². The first kappa shape index (κ1) is 17.4. The van der Waals surface area contributed by atoms with Crippen molar-refractivity contribution in [3.63, 3.8) is 0 Å². The summed E-state index contributed by atoms with van der Waals surface area (Å²) in [5.74, 6) is -1.30. The Hall–Kier alpha value is -1.92. The number of nitrogens with zero attached hydrogens (tertiary/aromatic N) is 2. The van der Waals surface area contributed by atoms with Crippen LogP contribution in [0.15, 0.2) is 0 Å². The largest absolute Gasteiger partial charge is 0.352 e. The number of carbonyl (C=O) groups is 4. The third-order valence-corrected chi connectivity index (χ3v) is 4.96. The van der Waals surface area contributed by atoms with Crippen LogP contribution in [0.5, 0.6) is 0 Å². The van der Waals surface area contributed by atoms with Crippen molar-refractivity contribution in [1.29, 1.82) is 0 Å². The van der Waals surface area contributed by atoms with Crippen molar-refractivity contribution in [1.82, 2.24) is 15.1 Å². The molecule has 23 heavy (non-hydrogen) atoms. The molecule has 1 saturated carbocycles. The number of nitrogens with one attached hydrogen (secondary N) is 1. The number of hydrogen-bond donors (Lipinski definition) is 1. The zero-order chi connectivity index (χ0) is 17.3. The molecular weight excluding hydrogens is 298 g/mol. The molecule has 3 atom stereocenters. The summed E-state index contributed by atoms with van der Waals surface area (Å²) in [6.07, 6.45) is 3.10. The summed E-state index contributed by atoms with van der Waals surface area (Å²) in [5.41, 5.74) is 0. The number of amides is 5. The van der Waals surface area contributed by atoms with E-state index in [-0.39, 0.29) is 6.04 Å². The molecular formula is C16H25N3O4. The van der Waals surface area contributed by atoms with Crippen LogP contribution in [-0.4, -0.2) is 52.2 Å². The molecule has 1 N–H and O–H groups in total. The molecule has 7 heteroatoms. The predicted octanol–water partition coefficient (Wildman–Crippen LogP) is 1.13. The molecule has 0 unspecified atom stereocenters. The van der Waals surface area contributed by atoms with Gasteiger partial charge in [-0.05, 0) is 32.1 Å². The van der Waals surface area contributed by atoms with Crippen LogP contribution >= 0.6 is 0 Å². The van der Waals surface area contributed by atoms with Crippen molar-refractivity contribution < 1.29 is 19.2 Å². The summed E-state index contributed by atoms with van der Waals surface area (Å²) in [6, 6.07) is -1.07. The Morgan fingerprint density at radius 1 is 1.17 bits per heavy atom. The molecule has 0 radical (unpaired) electrons. The third-order valence-electron chi connectivity index (χ3n) is 4.96. The van der Waals surface area contributed by atoms with Crippen molar-refractivity contribution >= 4 is 23.8 Å². The minimum Gasteiger partial charge on any atom is -0.352 e. The number of urea groups is 1. The molecule has 0 aromatic heterocycles. The zero-order valence-electron chi connectivity index (χ0n) is 14.2. The van der Waals surface area contributed by atoms with E-state index < -0.39 is 36.3 Å². The van der Waals surface area contributed by atoms with Crippen LogP contribution in [-0.2, 0) is 14.4 Å². The molecule has 0 bridgehead atoms. The monoisotopic (exact) mass is 323 g/mol. The molecule has 1 aliphatic heterocycles. The molecule has 5 amide bonds. The van der Waals surface area contributed by atoms with Gasteiger partial charge in [-0.15, -0.1) is 0 Å². The summed E-state index contributed by atoms with van der Waals surface area (Å²) < 4.78 is 0. The molecule has 128 valence electrons. The highest BCUT2D eigenvalue weighted by molar-refractivity contribution is 6.45. The molecule has 0 aromatic rings. The molecule has 2 fully saturated rings. The Kier molecular flexibility index (Phi) is 5.06. The summed E-state index contributed by atoms with van der Waals surface area (Å²) >= 11 is 0. The van der Waals surface area contributed by atoms with E-state index in [4.69, 9.17) is 0 Å². The van der Waals surface area contributed by atoms with E-state index in [1.807, 2.05) is 0 Å². The van der Waals surface area contributed by atoms with Crippen molar-refractivity contribution in [3.8, 4) is 0 Å². The highest BCUT2D eigenvalue weighted by atomic mass is 16.2. The van der Waals surface area contributed by atoms with Crippen LogP contribution in [0.4, 0.5) is 4.79 Å². The van der Waals surface area contributed by atoms with Crippen molar-refractivity contribution in [2.75, 3.05) is 6.54 Å². The lowest BCUT2D eigenvalue weighted by molar-refractivity contribution is -0.144. The van der Waals surface area contributed by atoms with Crippen molar-refractivity contribution in [3.05, 3.63) is 0 Å². The Morgan fingerprint density at radius 2 is 1.83 bits per heavy atom. The van der Waals surface area contributed by atoms with Gasteiger partial charge in [0.25, 0.3) is 0 Å². The van der Waals surface area contributed by atoms with Crippen LogP contribution in [0.3, 0.4) is 0 Å². The van der Waals surface area contributed by atoms with Gasteiger partial charge >= 0.3 is 17.8 Å². The Balaban J connectivity index is 1.99. The highest BCUT2D eigenvalue weighted by Crippen LogP contribution is 2.29. The van der Waals surface area contributed by atoms with Gasteiger partial charge < -0.3 is 5.32 Å². The van der Waals surface area contributed by atoms with Gasteiger partial charge in [-0.3, -0.25) is 19.3 Å². The smallest absolute Gasteiger partial charge is 0.334 e. The van der Waals surface area contributed by atoms with Gasteiger partial charge in [0, 0.05) is 12.1 Å². The lowest BCUT2D eigenvalue weighted by Gasteiger charge is -2.34. The first-order valence-corrected chi connectivity index (χ1v) is 8.22. The summed E-state index contributed by atoms with van der Waals surface area (Å²) in [4.78, 5) is 49.7. The fourth-order valence-corrected chi connectivity index (χ4v) is 3.30. The molecule has 1 saturated heterocycles. The molecule has 2 rings (SSSR count). The van der Waals surface area contributed by atoms with E-state index in [1.165, 1.54) is 0 Å². The number of carbonyl (C=O) groups excluding carboxylic acids is 4. The Labute approximate surface area is 136 Å². The average molecular weight is 323 g/mol. The van der Waals surface area contributed by atoms with Crippen LogP contribution in [0.2, 0.25) is 0 Å². The summed E-state index contributed by atoms with van der Waals surface area (Å²) in [5, 5.41) is 2.91. The van der Waals surface area contributed by atoms with Crippen LogP contribution in [0.1, 0.15) is 47.0 Å². The maximum Gasteiger partial charge on any atom is 0.334 e. The van der Waals surface area contributed by atoms with E-state index in [2.05, 4.69) is 19.2 Å². The molecule has 0 aromatic carbocycles. The number of hydrogen-bond acceptors (Lipinski definition) is 4.